The van der Waals surface area contributed by atoms with Gasteiger partial charge in [0.15, 0.2) is 6.61 Å². The van der Waals surface area contributed by atoms with Gasteiger partial charge in [-0.05, 0) is 6.20 Å². The third-order valence-corrected chi connectivity index (χ3v) is 18.3. The maximum atomic E-state index is 13.6. The van der Waals surface area contributed by atoms with Crippen LogP contribution in [0.2, 0.25) is 0 Å². The lowest BCUT2D eigenvalue weighted by Gasteiger charge is -2.38. The van der Waals surface area contributed by atoms with Crippen molar-refractivity contribution in [1.29, 1.82) is 0 Å². The van der Waals surface area contributed by atoms with E-state index in [-0.39, 0.29) is 0 Å². The fraction of sp³-hybridized carbons (Fsp3) is 0.245. The Bertz CT molecular complexity index is 2570. The molecule has 0 rings (SSSR count). The summed E-state index contributed by atoms with van der Waals surface area (Å²) in [5.41, 5.74) is 0. The van der Waals surface area contributed by atoms with Crippen LogP contribution in [0.15, 0.2) is 255 Å². The Balaban J connectivity index is -0.000000379. The van der Waals surface area contributed by atoms with Crippen molar-refractivity contribution in [2.75, 3.05) is 13.2 Å². The van der Waals surface area contributed by atoms with E-state index >= 15 is 0 Å². The zero-order chi connectivity index (χ0) is 80.3. The summed E-state index contributed by atoms with van der Waals surface area (Å²) < 4.78 is 369. The summed E-state index contributed by atoms with van der Waals surface area (Å²) in [4.78, 5) is 0. The monoisotopic (exact) mass is 1590 g/mol. The molecule has 0 bridgehead atoms. The number of hydrogen-bond donors (Lipinski definition) is 0. The molecule has 47 heteroatoms. The molecule has 0 aliphatic carbocycles. The zero-order valence-corrected chi connectivity index (χ0v) is 56.0. The fourth-order valence-corrected chi connectivity index (χ4v) is 11.2. The summed E-state index contributed by atoms with van der Waals surface area (Å²) in [5, 5.41) is 0. The lowest BCUT2D eigenvalue weighted by molar-refractivity contribution is -0.428. The van der Waals surface area contributed by atoms with Crippen LogP contribution in [0, 0.1) is 0 Å². The van der Waals surface area contributed by atoms with Gasteiger partial charge in [0.2, 0.25) is 0 Å². The molecule has 100 heavy (non-hydrogen) atoms. The molecule has 0 N–H and O–H groups in total. The molecule has 0 aromatic rings. The Morgan fingerprint density at radius 3 is 0.630 bits per heavy atom. The van der Waals surface area contributed by atoms with E-state index in [0.717, 1.165) is 93.1 Å². The summed E-state index contributed by atoms with van der Waals surface area (Å²) in [6, 6.07) is 0. The van der Waals surface area contributed by atoms with Crippen molar-refractivity contribution < 1.29 is 141 Å². The van der Waals surface area contributed by atoms with Gasteiger partial charge in [-0.2, -0.15) is 105 Å². The van der Waals surface area contributed by atoms with Gasteiger partial charge in [-0.3, -0.25) is 51.1 Å². The molecule has 0 aliphatic rings. The maximum Gasteiger partial charge on any atom is 0.528 e. The summed E-state index contributed by atoms with van der Waals surface area (Å²) in [6.07, 6.45) is -25.3. The van der Waals surface area contributed by atoms with Gasteiger partial charge in [0.1, 0.15) is 0 Å². The highest BCUT2D eigenvalue weighted by atomic mass is 31.2. The molecule has 0 aromatic carbocycles. The third kappa shape index (κ3) is 31.0. The fourth-order valence-electron chi connectivity index (χ4n) is 4.63. The molecule has 0 spiro atoms. The normalized spacial score (nSPS) is 12.3. The first-order valence-electron chi connectivity index (χ1n) is 24.8. The van der Waals surface area contributed by atoms with E-state index in [9.17, 15) is 119 Å². The van der Waals surface area contributed by atoms with Gasteiger partial charge >= 0.3 is 67.2 Å². The second kappa shape index (κ2) is 44.3. The first-order chi connectivity index (χ1) is 45.4. The molecule has 0 heterocycles. The average Bonchev–Trinajstić information content (AvgIpc) is 0.746. The van der Waals surface area contributed by atoms with Crippen LogP contribution in [0.5, 0.6) is 0 Å². The smallest absolute Gasteiger partial charge is 0.315 e. The molecule has 0 aliphatic heterocycles. The quantitative estimate of drug-likeness (QED) is 0.0330. The van der Waals surface area contributed by atoms with Gasteiger partial charge < -0.3 is 9.19 Å². The molecule has 15 nitrogen and oxygen atoms in total. The third-order valence-electron chi connectivity index (χ3n) is 9.18. The highest BCUT2D eigenvalue weighted by Crippen LogP contribution is 2.61. The van der Waals surface area contributed by atoms with E-state index < -0.39 is 116 Å². The zero-order valence-electron chi connectivity index (χ0n) is 51.6. The van der Waals surface area contributed by atoms with E-state index in [0.29, 0.717) is 25.2 Å². The summed E-state index contributed by atoms with van der Waals surface area (Å²) in [7, 11) is -12.6. The van der Waals surface area contributed by atoms with Crippen molar-refractivity contribution >= 4 is 42.2 Å². The largest absolute Gasteiger partial charge is 0.528 e. The Kier molecular flexibility index (Phi) is 45.0. The maximum absolute atomic E-state index is 13.6. The van der Waals surface area contributed by atoms with Crippen molar-refractivity contribution in [2.24, 2.45) is 0 Å². The van der Waals surface area contributed by atoms with E-state index in [1.165, 1.54) is 58.8 Å². The molecule has 1 unspecified atom stereocenters. The average molecular weight is 1590 g/mol. The van der Waals surface area contributed by atoms with E-state index in [4.69, 9.17) is 4.52 Å². The van der Waals surface area contributed by atoms with Gasteiger partial charge in [0.05, 0.1) is 0 Å². The van der Waals surface area contributed by atoms with Crippen LogP contribution in [0.1, 0.15) is 0 Å². The van der Waals surface area contributed by atoms with Crippen LogP contribution in [-0.4, -0.2) is 127 Å². The van der Waals surface area contributed by atoms with Crippen LogP contribution in [0.25, 0.3) is 0 Å². The number of alkyl halides is 27. The molecule has 0 fully saturated rings. The van der Waals surface area contributed by atoms with Crippen molar-refractivity contribution in [2.45, 2.75) is 67.2 Å². The van der Waals surface area contributed by atoms with E-state index in [1.807, 2.05) is 0 Å². The van der Waals surface area contributed by atoms with Gasteiger partial charge in [-0.15, -0.1) is 19.8 Å². The molecule has 570 valence electrons. The van der Waals surface area contributed by atoms with E-state index in [1.54, 1.807) is 0 Å². The Morgan fingerprint density at radius 2 is 0.450 bits per heavy atom. The second-order valence-corrected chi connectivity index (χ2v) is 23.7. The summed E-state index contributed by atoms with van der Waals surface area (Å²) in [6.45, 7) is 64.7. The highest BCUT2D eigenvalue weighted by molar-refractivity contribution is 7.49. The lowest BCUT2D eigenvalue weighted by Crippen LogP contribution is -2.61. The van der Waals surface area contributed by atoms with Crippen LogP contribution < -0.4 is 0 Å². The number of halogens is 27. The SMILES string of the molecule is C=CCN(C=C)P(OCC(F)(F)F)N(C=C)C=C.C=CN(C=C)P(OC(F)(F)C(F)(F)C(F)(F)C(F)(F)F)N(C=C)C=C.C=CN(C=C)P(OC(F)(F)C(F)(F)C(F)(F)F)N(C=C)C=C.C=CN(C=C)P(OC(F)(F)C(F)(F)F)N(C=C)C=C.C=CN(C=C)P(OC(F)(F)F)N(C=C)C=C. The van der Waals surface area contributed by atoms with Crippen molar-refractivity contribution in [1.82, 2.24) is 46.7 Å². The molecular formula is C53H64F27N10O5P5. The number of rotatable bonds is 43. The molecule has 0 amide bonds. The first-order valence-corrected chi connectivity index (χ1v) is 30.6. The minimum Gasteiger partial charge on any atom is -0.315 e. The van der Waals surface area contributed by atoms with Gasteiger partial charge in [0, 0.05) is 118 Å². The number of hydrogen-bond acceptors (Lipinski definition) is 15. The van der Waals surface area contributed by atoms with Crippen LogP contribution in [-0.2, 0) is 22.6 Å². The predicted octanol–water partition coefficient (Wildman–Crippen LogP) is 23.5. The number of nitrogens with zero attached hydrogens (tertiary/aromatic N) is 10. The molecular weight excluding hydrogens is 1520 g/mol. The van der Waals surface area contributed by atoms with E-state index in [2.05, 4.69) is 150 Å². The lowest BCUT2D eigenvalue weighted by atomic mass is 10.1. The highest BCUT2D eigenvalue weighted by Gasteiger charge is 2.83. The van der Waals surface area contributed by atoms with Gasteiger partial charge in [-0.25, -0.2) is 9.05 Å². The molecule has 0 radical (unpaired) electrons. The molecule has 0 aromatic heterocycles. The molecule has 0 saturated carbocycles. The minimum absolute atomic E-state index is 0.311. The summed E-state index contributed by atoms with van der Waals surface area (Å²) in [5.74, 6) is -20.4. The Labute approximate surface area is 564 Å². The van der Waals surface area contributed by atoms with Crippen molar-refractivity contribution in [3.05, 3.63) is 255 Å². The summed E-state index contributed by atoms with van der Waals surface area (Å²) >= 11 is 0. The standard InChI is InChI=1S/C12H12F9N2OP.C11H12F7N2OP.C11H16F3N2OP.C10H12F5N2OP.C9H12F3N2OP/c1-5-22(6-2)25(23(7-3)8-4)24-12(20,21)10(15,16)9(13,14)11(17,18)19;1-5-19(6-2)22(20(7-3)8-4)21-11(17,18)9(12,13)10(14,15)16;1-5-9-16(8-4)18(15(6-2)7-3)17-10-11(12,13)14;1-5-16(6-2)19(17(7-3)8-4)18-10(14,15)9(11,12)13;1-5-13(6-2)16(14(7-3)8-4)15-9(10,11)12/h5-8H,1-4H2;5-8H,1-4H2;5-8H,1-4,9-10H2;5-8H,1-4H2;5-8H,1-4H2. The molecule has 1 atom stereocenters. The Morgan fingerprint density at radius 1 is 0.240 bits per heavy atom. The molecule has 0 saturated heterocycles. The van der Waals surface area contributed by atoms with Crippen molar-refractivity contribution in [3.63, 3.8) is 0 Å². The Hall–Kier alpha value is -7.14. The topological polar surface area (TPSA) is 78.6 Å². The van der Waals surface area contributed by atoms with Gasteiger partial charge in [-0.1, -0.05) is 131 Å². The van der Waals surface area contributed by atoms with Gasteiger partial charge in [0.25, 0.3) is 42.2 Å². The van der Waals surface area contributed by atoms with Crippen LogP contribution in [0.4, 0.5) is 119 Å². The minimum atomic E-state index is -7.06. The first kappa shape index (κ1) is 102. The second-order valence-electron chi connectivity index (χ2n) is 15.5. The van der Waals surface area contributed by atoms with Crippen molar-refractivity contribution in [3.8, 4) is 0 Å². The van der Waals surface area contributed by atoms with Crippen LogP contribution >= 0.6 is 42.2 Å². The predicted molar refractivity (Wildman–Crippen MR) is 332 cm³/mol. The van der Waals surface area contributed by atoms with Crippen LogP contribution in [0.3, 0.4) is 0 Å².